The van der Waals surface area contributed by atoms with E-state index in [4.69, 9.17) is 14.6 Å². The van der Waals surface area contributed by atoms with Gasteiger partial charge in [0, 0.05) is 49.6 Å². The topological polar surface area (TPSA) is 91.4 Å². The lowest BCUT2D eigenvalue weighted by atomic mass is 9.92. The minimum atomic E-state index is -4.43. The number of nitrogens with zero attached hydrogens (tertiary/aromatic N) is 6. The molecular formula is C25H30F3N7O2. The first-order valence-corrected chi connectivity index (χ1v) is 11.9. The molecule has 3 aromatic heterocycles. The number of rotatable bonds is 9. The number of ether oxygens (including phenoxy) is 2. The minimum absolute atomic E-state index is 0.113. The summed E-state index contributed by atoms with van der Waals surface area (Å²) in [6, 6.07) is 4.70. The Hall–Kier alpha value is -3.83. The van der Waals surface area contributed by atoms with Crippen LogP contribution in [0.1, 0.15) is 43.0 Å². The second kappa shape index (κ2) is 11.1. The van der Waals surface area contributed by atoms with Crippen molar-refractivity contribution in [3.8, 4) is 23.0 Å². The zero-order chi connectivity index (χ0) is 26.6. The van der Waals surface area contributed by atoms with E-state index in [1.54, 1.807) is 30.1 Å². The first kappa shape index (κ1) is 26.2. The lowest BCUT2D eigenvalue weighted by Gasteiger charge is -2.29. The summed E-state index contributed by atoms with van der Waals surface area (Å²) in [7, 11) is 3.66. The van der Waals surface area contributed by atoms with Gasteiger partial charge in [0.15, 0.2) is 6.61 Å². The second-order valence-corrected chi connectivity index (χ2v) is 8.91. The first-order valence-electron chi connectivity index (χ1n) is 11.9. The third kappa shape index (κ3) is 6.49. The molecular weight excluding hydrogens is 487 g/mol. The number of hydrogen-bond donors (Lipinski definition) is 1. The minimum Gasteiger partial charge on any atom is -0.474 e. The lowest BCUT2D eigenvalue weighted by molar-refractivity contribution is -0.154. The molecule has 1 N–H and O–H groups in total. The number of nitrogens with one attached hydrogen (secondary N) is 1. The van der Waals surface area contributed by atoms with Gasteiger partial charge in [-0.15, -0.1) is 0 Å². The highest BCUT2D eigenvalue weighted by atomic mass is 19.4. The normalized spacial score (nSPS) is 18.5. The summed E-state index contributed by atoms with van der Waals surface area (Å²) in [5, 5.41) is 12.3. The Morgan fingerprint density at radius 1 is 1.24 bits per heavy atom. The van der Waals surface area contributed by atoms with Crippen LogP contribution in [0.2, 0.25) is 0 Å². The molecule has 12 heteroatoms. The molecule has 1 aliphatic carbocycles. The molecule has 1 fully saturated rings. The Morgan fingerprint density at radius 2 is 1.97 bits per heavy atom. The quantitative estimate of drug-likeness (QED) is 0.414. The predicted octanol–water partition coefficient (Wildman–Crippen LogP) is 4.71. The molecule has 198 valence electrons. The number of halogens is 3. The summed E-state index contributed by atoms with van der Waals surface area (Å²) in [5.74, 6) is 0.764. The van der Waals surface area contributed by atoms with Crippen molar-refractivity contribution in [3.05, 3.63) is 47.7 Å². The van der Waals surface area contributed by atoms with Crippen LogP contribution in [0.3, 0.4) is 0 Å². The van der Waals surface area contributed by atoms with E-state index in [2.05, 4.69) is 27.1 Å². The Kier molecular flexibility index (Phi) is 7.84. The van der Waals surface area contributed by atoms with Crippen LogP contribution in [-0.2, 0) is 7.05 Å². The molecule has 0 spiro atoms. The van der Waals surface area contributed by atoms with Crippen molar-refractivity contribution >= 4 is 12.8 Å². The van der Waals surface area contributed by atoms with Crippen molar-refractivity contribution in [2.45, 2.75) is 50.9 Å². The van der Waals surface area contributed by atoms with Crippen LogP contribution < -0.4 is 14.8 Å². The summed E-state index contributed by atoms with van der Waals surface area (Å²) >= 11 is 0. The van der Waals surface area contributed by atoms with E-state index in [1.807, 2.05) is 30.9 Å². The van der Waals surface area contributed by atoms with E-state index < -0.39 is 12.8 Å². The molecule has 3 aromatic rings. The van der Waals surface area contributed by atoms with Crippen LogP contribution in [0.4, 0.5) is 13.2 Å². The number of aliphatic imine (C=N–C) groups is 1. The Balaban J connectivity index is 1.49. The van der Waals surface area contributed by atoms with E-state index in [9.17, 15) is 13.2 Å². The average molecular weight is 518 g/mol. The summed E-state index contributed by atoms with van der Waals surface area (Å²) in [6.45, 7) is 4.27. The van der Waals surface area contributed by atoms with Crippen LogP contribution in [0.15, 0.2) is 41.4 Å². The SMILES string of the molecule is C=N/C(=C\c1c(C)c(-c2cnn(C)c2)nn1[C@H]1CC[C@@H](Oc2cccc(OCC(F)(F)F)n2)CC1)NC. The summed E-state index contributed by atoms with van der Waals surface area (Å²) in [5.41, 5.74) is 3.75. The monoisotopic (exact) mass is 517 g/mol. The molecule has 0 bridgehead atoms. The van der Waals surface area contributed by atoms with Gasteiger partial charge < -0.3 is 14.8 Å². The number of pyridine rings is 1. The molecule has 37 heavy (non-hydrogen) atoms. The summed E-state index contributed by atoms with van der Waals surface area (Å²) in [6.07, 6.45) is 4.21. The summed E-state index contributed by atoms with van der Waals surface area (Å²) < 4.78 is 51.8. The van der Waals surface area contributed by atoms with Crippen molar-refractivity contribution in [3.63, 3.8) is 0 Å². The zero-order valence-electron chi connectivity index (χ0n) is 21.0. The maximum Gasteiger partial charge on any atom is 0.422 e. The number of aryl methyl sites for hydroxylation is 1. The molecule has 3 heterocycles. The average Bonchev–Trinajstić information content (AvgIpc) is 3.44. The summed E-state index contributed by atoms with van der Waals surface area (Å²) in [4.78, 5) is 8.11. The van der Waals surface area contributed by atoms with Crippen molar-refractivity contribution in [1.82, 2.24) is 29.9 Å². The third-order valence-electron chi connectivity index (χ3n) is 6.23. The maximum absolute atomic E-state index is 12.4. The first-order chi connectivity index (χ1) is 17.7. The van der Waals surface area contributed by atoms with Gasteiger partial charge in [0.05, 0.1) is 23.6 Å². The third-order valence-corrected chi connectivity index (χ3v) is 6.23. The fourth-order valence-electron chi connectivity index (χ4n) is 4.40. The lowest BCUT2D eigenvalue weighted by Crippen LogP contribution is -2.27. The number of aromatic nitrogens is 5. The fraction of sp³-hybridized carbons (Fsp3) is 0.440. The number of alkyl halides is 3. The highest BCUT2D eigenvalue weighted by Crippen LogP contribution is 2.35. The molecule has 0 radical (unpaired) electrons. The maximum atomic E-state index is 12.4. The van der Waals surface area contributed by atoms with Gasteiger partial charge in [-0.2, -0.15) is 28.4 Å². The number of hydrogen-bond acceptors (Lipinski definition) is 7. The molecule has 1 aliphatic rings. The van der Waals surface area contributed by atoms with Crippen molar-refractivity contribution in [2.24, 2.45) is 12.0 Å². The van der Waals surface area contributed by atoms with E-state index in [-0.39, 0.29) is 23.9 Å². The van der Waals surface area contributed by atoms with Crippen LogP contribution in [0.5, 0.6) is 11.8 Å². The van der Waals surface area contributed by atoms with Gasteiger partial charge in [-0.3, -0.25) is 9.36 Å². The largest absolute Gasteiger partial charge is 0.474 e. The van der Waals surface area contributed by atoms with Crippen LogP contribution in [0, 0.1) is 6.92 Å². The predicted molar refractivity (Wildman–Crippen MR) is 133 cm³/mol. The Morgan fingerprint density at radius 3 is 2.59 bits per heavy atom. The standard InChI is InChI=1S/C25H30F3N7O2/c1-16-20(12-21(29-2)30-3)35(33-24(16)17-13-31-34(4)14-17)18-8-10-19(11-9-18)37-23-7-5-6-22(32-23)36-15-25(26,27)28/h5-7,12-14,18-19,30H,2,8-11,15H2,1,3-4H3/b21-12+/t18-,19+. The highest BCUT2D eigenvalue weighted by Gasteiger charge is 2.30. The van der Waals surface area contributed by atoms with E-state index in [0.717, 1.165) is 48.2 Å². The second-order valence-electron chi connectivity index (χ2n) is 8.91. The van der Waals surface area contributed by atoms with Crippen molar-refractivity contribution < 1.29 is 22.6 Å². The van der Waals surface area contributed by atoms with Gasteiger partial charge in [0.25, 0.3) is 0 Å². The molecule has 0 unspecified atom stereocenters. The van der Waals surface area contributed by atoms with Crippen LogP contribution in [-0.4, -0.2) is 57.2 Å². The van der Waals surface area contributed by atoms with Crippen LogP contribution in [0.25, 0.3) is 17.3 Å². The van der Waals surface area contributed by atoms with Gasteiger partial charge in [-0.1, -0.05) is 6.07 Å². The van der Waals surface area contributed by atoms with E-state index in [0.29, 0.717) is 5.82 Å². The molecule has 1 saturated carbocycles. The van der Waals surface area contributed by atoms with Gasteiger partial charge in [-0.05, 0) is 39.3 Å². The van der Waals surface area contributed by atoms with E-state index in [1.165, 1.54) is 6.07 Å². The molecule has 0 amide bonds. The van der Waals surface area contributed by atoms with Gasteiger partial charge in [0.2, 0.25) is 11.8 Å². The molecule has 0 aliphatic heterocycles. The van der Waals surface area contributed by atoms with Gasteiger partial charge >= 0.3 is 6.18 Å². The Labute approximate surface area is 213 Å². The molecule has 0 atom stereocenters. The molecule has 0 aromatic carbocycles. The van der Waals surface area contributed by atoms with Crippen molar-refractivity contribution in [1.29, 1.82) is 0 Å². The van der Waals surface area contributed by atoms with Crippen LogP contribution >= 0.6 is 0 Å². The highest BCUT2D eigenvalue weighted by molar-refractivity contribution is 5.68. The van der Waals surface area contributed by atoms with Gasteiger partial charge in [-0.25, -0.2) is 4.99 Å². The molecule has 9 nitrogen and oxygen atoms in total. The smallest absolute Gasteiger partial charge is 0.422 e. The molecule has 4 rings (SSSR count). The molecule has 0 saturated heterocycles. The van der Waals surface area contributed by atoms with Gasteiger partial charge in [0.1, 0.15) is 11.9 Å². The van der Waals surface area contributed by atoms with E-state index >= 15 is 0 Å². The zero-order valence-corrected chi connectivity index (χ0v) is 21.0. The Bertz CT molecular complexity index is 1260. The van der Waals surface area contributed by atoms with Crippen molar-refractivity contribution in [2.75, 3.05) is 13.7 Å². The fourth-order valence-corrected chi connectivity index (χ4v) is 4.40.